The number of fused-ring (bicyclic) bond motifs is 1. The Morgan fingerprint density at radius 3 is 2.21 bits per heavy atom. The molecule has 2 saturated heterocycles. The van der Waals surface area contributed by atoms with Crippen molar-refractivity contribution in [3.05, 3.63) is 41.5 Å². The van der Waals surface area contributed by atoms with Gasteiger partial charge in [-0.2, -0.15) is 0 Å². The molecule has 238 valence electrons. The third-order valence-corrected chi connectivity index (χ3v) is 8.02. The molecule has 14 heteroatoms. The van der Waals surface area contributed by atoms with Gasteiger partial charge in [-0.15, -0.1) is 0 Å². The molecule has 0 aliphatic carbocycles. The van der Waals surface area contributed by atoms with E-state index in [9.17, 15) is 35.7 Å². The fourth-order valence-corrected chi connectivity index (χ4v) is 5.43. The lowest BCUT2D eigenvalue weighted by molar-refractivity contribution is -0.318. The van der Waals surface area contributed by atoms with Crippen LogP contribution in [-0.4, -0.2) is 118 Å². The van der Waals surface area contributed by atoms with E-state index >= 15 is 0 Å². The van der Waals surface area contributed by atoms with Crippen LogP contribution >= 0.6 is 0 Å². The number of phenols is 1. The van der Waals surface area contributed by atoms with E-state index in [2.05, 4.69) is 0 Å². The van der Waals surface area contributed by atoms with Gasteiger partial charge in [0, 0.05) is 17.7 Å². The molecule has 2 fully saturated rings. The van der Waals surface area contributed by atoms with Crippen molar-refractivity contribution in [2.24, 2.45) is 0 Å². The quantitative estimate of drug-likeness (QED) is 0.201. The van der Waals surface area contributed by atoms with Crippen LogP contribution in [0.1, 0.15) is 30.6 Å². The van der Waals surface area contributed by atoms with Gasteiger partial charge in [-0.05, 0) is 37.5 Å². The van der Waals surface area contributed by atoms with Gasteiger partial charge in [0.25, 0.3) is 0 Å². The Kier molecular flexibility index (Phi) is 9.51. The van der Waals surface area contributed by atoms with Crippen LogP contribution in [-0.2, 0) is 20.6 Å². The molecule has 43 heavy (non-hydrogen) atoms. The summed E-state index contributed by atoms with van der Waals surface area (Å²) in [5, 5.41) is 72.4. The Hall–Kier alpha value is -2.92. The van der Waals surface area contributed by atoms with E-state index in [0.29, 0.717) is 35.7 Å². The molecule has 0 unspecified atom stereocenters. The first kappa shape index (κ1) is 31.5. The largest absolute Gasteiger partial charge is 0.507 e. The summed E-state index contributed by atoms with van der Waals surface area (Å²) in [6.07, 6.45) is -13.7. The van der Waals surface area contributed by atoms with Crippen molar-refractivity contribution < 1.29 is 68.9 Å². The summed E-state index contributed by atoms with van der Waals surface area (Å²) in [6, 6.07) is 8.31. The normalized spacial score (nSPS) is 35.9. The highest BCUT2D eigenvalue weighted by molar-refractivity contribution is 5.52. The van der Waals surface area contributed by atoms with Crippen molar-refractivity contribution in [3.63, 3.8) is 0 Å². The number of methoxy groups -OCH3 is 2. The highest BCUT2D eigenvalue weighted by atomic mass is 16.7. The van der Waals surface area contributed by atoms with Gasteiger partial charge in [0.2, 0.25) is 6.29 Å². The zero-order chi connectivity index (χ0) is 31.0. The fraction of sp³-hybridized carbons (Fsp3) is 0.586. The molecule has 5 rings (SSSR count). The molecule has 3 aliphatic rings. The highest BCUT2D eigenvalue weighted by Gasteiger charge is 2.47. The summed E-state index contributed by atoms with van der Waals surface area (Å²) >= 11 is 0. The fourth-order valence-electron chi connectivity index (χ4n) is 5.43. The van der Waals surface area contributed by atoms with Crippen molar-refractivity contribution in [2.45, 2.75) is 87.3 Å². The van der Waals surface area contributed by atoms with Crippen LogP contribution in [0, 0.1) is 0 Å². The third-order valence-electron chi connectivity index (χ3n) is 8.02. The van der Waals surface area contributed by atoms with Gasteiger partial charge in [0.15, 0.2) is 17.8 Å². The second-order valence-corrected chi connectivity index (χ2v) is 10.8. The Balaban J connectivity index is 1.28. The second kappa shape index (κ2) is 13.0. The van der Waals surface area contributed by atoms with E-state index in [1.807, 2.05) is 12.1 Å². The lowest BCUT2D eigenvalue weighted by Crippen LogP contribution is -2.61. The van der Waals surface area contributed by atoms with E-state index in [1.54, 1.807) is 13.2 Å². The molecule has 14 nitrogen and oxygen atoms in total. The van der Waals surface area contributed by atoms with Crippen LogP contribution in [0.4, 0.5) is 0 Å². The minimum atomic E-state index is -1.70. The van der Waals surface area contributed by atoms with Crippen molar-refractivity contribution in [1.29, 1.82) is 0 Å². The minimum Gasteiger partial charge on any atom is -0.507 e. The first-order valence-corrected chi connectivity index (χ1v) is 13.9. The number of aromatic hydroxyl groups is 1. The van der Waals surface area contributed by atoms with Gasteiger partial charge in [0.05, 0.1) is 26.9 Å². The molecule has 2 aromatic rings. The summed E-state index contributed by atoms with van der Waals surface area (Å²) < 4.78 is 39.3. The molecule has 0 spiro atoms. The average Bonchev–Trinajstić information content (AvgIpc) is 3.01. The van der Waals surface area contributed by atoms with Crippen LogP contribution in [0.5, 0.6) is 28.7 Å². The average molecular weight is 611 g/mol. The number of rotatable bonds is 8. The van der Waals surface area contributed by atoms with Gasteiger partial charge in [0.1, 0.15) is 66.1 Å². The molecule has 7 N–H and O–H groups in total. The molecule has 2 aromatic carbocycles. The number of ether oxygens (including phenoxy) is 7. The Labute approximate surface area is 247 Å². The second-order valence-electron chi connectivity index (χ2n) is 10.8. The molecule has 3 aliphatic heterocycles. The SMILES string of the molecule is COc1ccc([C@@H]2CCc3c(O)cc(O[C@@H]4O[C@H](CO[C@@H]5O[C@@H](C)[C@H](O)[C@@H](O)[C@H]5O)[C@@H](O)[C@H](O)[C@H]4O)cc3O2)cc1OC. The molecule has 3 heterocycles. The maximum absolute atomic E-state index is 10.7. The van der Waals surface area contributed by atoms with Gasteiger partial charge in [-0.3, -0.25) is 0 Å². The maximum Gasteiger partial charge on any atom is 0.229 e. The Morgan fingerprint density at radius 1 is 0.791 bits per heavy atom. The monoisotopic (exact) mass is 610 g/mol. The van der Waals surface area contributed by atoms with E-state index in [1.165, 1.54) is 26.2 Å². The topological polar surface area (TPSA) is 206 Å². The lowest BCUT2D eigenvalue weighted by Gasteiger charge is -2.42. The number of aliphatic hydroxyl groups excluding tert-OH is 6. The van der Waals surface area contributed by atoms with Crippen molar-refractivity contribution in [2.75, 3.05) is 20.8 Å². The van der Waals surface area contributed by atoms with Crippen LogP contribution < -0.4 is 18.9 Å². The van der Waals surface area contributed by atoms with E-state index < -0.39 is 68.0 Å². The first-order chi connectivity index (χ1) is 20.5. The Morgan fingerprint density at radius 2 is 1.49 bits per heavy atom. The van der Waals surface area contributed by atoms with Crippen LogP contribution in [0.15, 0.2) is 30.3 Å². The van der Waals surface area contributed by atoms with E-state index in [-0.39, 0.29) is 17.6 Å². The van der Waals surface area contributed by atoms with E-state index in [0.717, 1.165) is 5.56 Å². The first-order valence-electron chi connectivity index (χ1n) is 13.9. The maximum atomic E-state index is 10.7. The van der Waals surface area contributed by atoms with Crippen LogP contribution in [0.3, 0.4) is 0 Å². The third kappa shape index (κ3) is 6.34. The van der Waals surface area contributed by atoms with Crippen LogP contribution in [0.2, 0.25) is 0 Å². The predicted molar refractivity (Wildman–Crippen MR) is 145 cm³/mol. The summed E-state index contributed by atoms with van der Waals surface area (Å²) in [7, 11) is 3.09. The molecule has 0 saturated carbocycles. The smallest absolute Gasteiger partial charge is 0.229 e. The van der Waals surface area contributed by atoms with Gasteiger partial charge < -0.3 is 68.9 Å². The predicted octanol–water partition coefficient (Wildman–Crippen LogP) is -0.494. The number of hydrogen-bond donors (Lipinski definition) is 7. The lowest BCUT2D eigenvalue weighted by atomic mass is 9.96. The number of phenolic OH excluding ortho intramolecular Hbond substituents is 1. The molecular formula is C29H38O14. The summed E-state index contributed by atoms with van der Waals surface area (Å²) in [6.45, 7) is 1.05. The van der Waals surface area contributed by atoms with Crippen molar-refractivity contribution in [1.82, 2.24) is 0 Å². The zero-order valence-electron chi connectivity index (χ0n) is 23.8. The molecule has 0 radical (unpaired) electrons. The molecule has 0 bridgehead atoms. The van der Waals surface area contributed by atoms with E-state index in [4.69, 9.17) is 33.2 Å². The summed E-state index contributed by atoms with van der Waals surface area (Å²) in [4.78, 5) is 0. The molecule has 11 atom stereocenters. The van der Waals surface area contributed by atoms with Crippen molar-refractivity contribution >= 4 is 0 Å². The number of hydrogen-bond acceptors (Lipinski definition) is 14. The van der Waals surface area contributed by atoms with Gasteiger partial charge >= 0.3 is 0 Å². The standard InChI is InChI=1S/C29H38O14/c1-12-22(31)24(33)26(35)28(40-12)39-11-21-23(32)25(34)27(36)29(43-21)41-14-9-16(30)15-5-7-17(42-19(15)10-14)13-4-6-18(37-2)20(8-13)38-3/h4,6,8-10,12,17,21-36H,5,7,11H2,1-3H3/t12-,17-,21+,22-,23+,24+,25-,26+,27+,28+,29+/m0/s1. The van der Waals surface area contributed by atoms with Crippen LogP contribution in [0.25, 0.3) is 0 Å². The van der Waals surface area contributed by atoms with Crippen molar-refractivity contribution in [3.8, 4) is 28.7 Å². The summed E-state index contributed by atoms with van der Waals surface area (Å²) in [5.41, 5.74) is 1.41. The van der Waals surface area contributed by atoms with Gasteiger partial charge in [-0.25, -0.2) is 0 Å². The Bertz CT molecular complexity index is 1260. The highest BCUT2D eigenvalue weighted by Crippen LogP contribution is 2.43. The minimum absolute atomic E-state index is 0.0634. The van der Waals surface area contributed by atoms with Gasteiger partial charge in [-0.1, -0.05) is 6.07 Å². The summed E-state index contributed by atoms with van der Waals surface area (Å²) in [5.74, 6) is 1.44. The number of aliphatic hydroxyl groups is 6. The molecule has 0 aromatic heterocycles. The number of benzene rings is 2. The molecular weight excluding hydrogens is 572 g/mol. The molecule has 0 amide bonds. The zero-order valence-corrected chi connectivity index (χ0v) is 23.8.